The fraction of sp³-hybridized carbons (Fsp3) is 0.0909. The van der Waals surface area contributed by atoms with Crippen molar-refractivity contribution in [3.63, 3.8) is 0 Å². The summed E-state index contributed by atoms with van der Waals surface area (Å²) in [5.74, 6) is 0.877. The topological polar surface area (TPSA) is 90.2 Å². The van der Waals surface area contributed by atoms with E-state index in [1.165, 1.54) is 12.4 Å². The smallest absolute Gasteiger partial charge is 0.312 e. The van der Waals surface area contributed by atoms with Crippen LogP contribution in [0.15, 0.2) is 35.1 Å². The zero-order chi connectivity index (χ0) is 13.8. The van der Waals surface area contributed by atoms with Crippen molar-refractivity contribution < 1.29 is 9.66 Å². The van der Waals surface area contributed by atoms with Gasteiger partial charge in [0.1, 0.15) is 12.1 Å². The number of hydrogen-bond acceptors (Lipinski definition) is 6. The van der Waals surface area contributed by atoms with Crippen LogP contribution < -0.4 is 10.1 Å². The Morgan fingerprint density at radius 3 is 2.89 bits per heavy atom. The molecule has 2 rings (SSSR count). The maximum absolute atomic E-state index is 10.9. The van der Waals surface area contributed by atoms with Crippen LogP contribution in [0.1, 0.15) is 0 Å². The zero-order valence-electron chi connectivity index (χ0n) is 9.83. The second-order valence-electron chi connectivity index (χ2n) is 3.44. The van der Waals surface area contributed by atoms with E-state index in [2.05, 4.69) is 31.2 Å². The SMILES string of the molecule is CNc1cc(Oc2c(Br)cccc2[N+](=O)[O-])ncn1. The molecule has 0 aliphatic heterocycles. The number of rotatable bonds is 4. The minimum Gasteiger partial charge on any atom is -0.430 e. The first-order valence-electron chi connectivity index (χ1n) is 5.22. The van der Waals surface area contributed by atoms with Gasteiger partial charge in [-0.05, 0) is 22.0 Å². The van der Waals surface area contributed by atoms with Crippen molar-refractivity contribution in [1.82, 2.24) is 9.97 Å². The molecule has 1 heterocycles. The number of hydrogen-bond donors (Lipinski definition) is 1. The molecule has 98 valence electrons. The fourth-order valence-corrected chi connectivity index (χ4v) is 1.82. The summed E-state index contributed by atoms with van der Waals surface area (Å²) in [7, 11) is 1.70. The largest absolute Gasteiger partial charge is 0.430 e. The molecule has 2 aromatic rings. The third-order valence-corrected chi connectivity index (χ3v) is 2.87. The Kier molecular flexibility index (Phi) is 3.91. The van der Waals surface area contributed by atoms with Gasteiger partial charge in [0.15, 0.2) is 0 Å². The van der Waals surface area contributed by atoms with E-state index in [0.717, 1.165) is 0 Å². The van der Waals surface area contributed by atoms with Crippen molar-refractivity contribution in [2.45, 2.75) is 0 Å². The van der Waals surface area contributed by atoms with Crippen molar-refractivity contribution in [3.8, 4) is 11.6 Å². The number of ether oxygens (including phenoxy) is 1. The molecule has 0 radical (unpaired) electrons. The third-order valence-electron chi connectivity index (χ3n) is 2.25. The van der Waals surface area contributed by atoms with Gasteiger partial charge < -0.3 is 10.1 Å². The summed E-state index contributed by atoms with van der Waals surface area (Å²) >= 11 is 3.22. The molecule has 1 aromatic carbocycles. The number of nitro groups is 1. The van der Waals surface area contributed by atoms with Gasteiger partial charge >= 0.3 is 5.69 Å². The second-order valence-corrected chi connectivity index (χ2v) is 4.29. The van der Waals surface area contributed by atoms with Crippen LogP contribution in [0.25, 0.3) is 0 Å². The fourth-order valence-electron chi connectivity index (χ4n) is 1.38. The number of nitrogens with zero attached hydrogens (tertiary/aromatic N) is 3. The normalized spacial score (nSPS) is 10.0. The van der Waals surface area contributed by atoms with Crippen LogP contribution >= 0.6 is 15.9 Å². The number of nitro benzene ring substituents is 1. The van der Waals surface area contributed by atoms with Gasteiger partial charge in [-0.3, -0.25) is 10.1 Å². The van der Waals surface area contributed by atoms with Gasteiger partial charge in [-0.15, -0.1) is 0 Å². The summed E-state index contributed by atoms with van der Waals surface area (Å²) in [6.45, 7) is 0. The lowest BCUT2D eigenvalue weighted by atomic mass is 10.3. The Balaban J connectivity index is 2.40. The van der Waals surface area contributed by atoms with E-state index in [9.17, 15) is 10.1 Å². The number of para-hydroxylation sites is 1. The van der Waals surface area contributed by atoms with Gasteiger partial charge in [0.05, 0.1) is 9.40 Å². The van der Waals surface area contributed by atoms with E-state index in [1.807, 2.05) is 0 Å². The highest BCUT2D eigenvalue weighted by atomic mass is 79.9. The molecule has 0 aliphatic rings. The molecule has 8 heteroatoms. The quantitative estimate of drug-likeness (QED) is 0.686. The average Bonchev–Trinajstić information content (AvgIpc) is 2.41. The van der Waals surface area contributed by atoms with Gasteiger partial charge in [-0.1, -0.05) is 6.07 Å². The van der Waals surface area contributed by atoms with Crippen molar-refractivity contribution >= 4 is 27.4 Å². The van der Waals surface area contributed by atoms with Crippen molar-refractivity contribution in [1.29, 1.82) is 0 Å². The van der Waals surface area contributed by atoms with Crippen LogP contribution in [-0.4, -0.2) is 21.9 Å². The molecule has 0 amide bonds. The minimum atomic E-state index is -0.514. The molecule has 0 aliphatic carbocycles. The van der Waals surface area contributed by atoms with Gasteiger partial charge in [-0.2, -0.15) is 0 Å². The molecule has 0 unspecified atom stereocenters. The highest BCUT2D eigenvalue weighted by Gasteiger charge is 2.19. The van der Waals surface area contributed by atoms with Crippen LogP contribution in [0.2, 0.25) is 0 Å². The van der Waals surface area contributed by atoms with Gasteiger partial charge in [-0.25, -0.2) is 9.97 Å². The number of nitrogens with one attached hydrogen (secondary N) is 1. The Hall–Kier alpha value is -2.22. The number of anilines is 1. The molecular weight excluding hydrogens is 316 g/mol. The monoisotopic (exact) mass is 324 g/mol. The van der Waals surface area contributed by atoms with Crippen LogP contribution in [0, 0.1) is 10.1 Å². The second kappa shape index (κ2) is 5.61. The van der Waals surface area contributed by atoms with E-state index >= 15 is 0 Å². The minimum absolute atomic E-state index is 0.105. The molecule has 0 fully saturated rings. The van der Waals surface area contributed by atoms with E-state index < -0.39 is 4.92 Å². The van der Waals surface area contributed by atoms with Crippen molar-refractivity contribution in [2.24, 2.45) is 0 Å². The molecule has 0 atom stereocenters. The van der Waals surface area contributed by atoms with Gasteiger partial charge in [0.2, 0.25) is 11.6 Å². The molecular formula is C11H9BrN4O3. The highest BCUT2D eigenvalue weighted by Crippen LogP contribution is 2.37. The summed E-state index contributed by atoms with van der Waals surface area (Å²) in [6, 6.07) is 6.13. The lowest BCUT2D eigenvalue weighted by molar-refractivity contribution is -0.385. The van der Waals surface area contributed by atoms with E-state index in [4.69, 9.17) is 4.74 Å². The molecule has 0 spiro atoms. The molecule has 19 heavy (non-hydrogen) atoms. The summed E-state index contributed by atoms with van der Waals surface area (Å²) in [6.07, 6.45) is 1.31. The highest BCUT2D eigenvalue weighted by molar-refractivity contribution is 9.10. The number of benzene rings is 1. The molecule has 1 N–H and O–H groups in total. The summed E-state index contributed by atoms with van der Waals surface area (Å²) in [4.78, 5) is 18.3. The molecule has 7 nitrogen and oxygen atoms in total. The maximum Gasteiger partial charge on any atom is 0.312 e. The predicted molar refractivity (Wildman–Crippen MR) is 72.4 cm³/mol. The Bertz CT molecular complexity index is 621. The van der Waals surface area contributed by atoms with Crippen molar-refractivity contribution in [3.05, 3.63) is 45.2 Å². The third kappa shape index (κ3) is 2.97. The average molecular weight is 325 g/mol. The molecule has 0 bridgehead atoms. The molecule has 0 saturated carbocycles. The Labute approximate surface area is 116 Å². The number of halogens is 1. The first-order valence-corrected chi connectivity index (χ1v) is 6.01. The Morgan fingerprint density at radius 2 is 2.21 bits per heavy atom. The summed E-state index contributed by atoms with van der Waals surface area (Å²) in [5, 5.41) is 13.8. The summed E-state index contributed by atoms with van der Waals surface area (Å²) in [5.41, 5.74) is -0.140. The van der Waals surface area contributed by atoms with Gasteiger partial charge in [0.25, 0.3) is 0 Å². The molecule has 0 saturated heterocycles. The van der Waals surface area contributed by atoms with Crippen molar-refractivity contribution in [2.75, 3.05) is 12.4 Å². The van der Waals surface area contributed by atoms with E-state index in [1.54, 1.807) is 25.2 Å². The number of aromatic nitrogens is 2. The first kappa shape index (κ1) is 13.2. The van der Waals surface area contributed by atoms with Crippen LogP contribution in [0.3, 0.4) is 0 Å². The Morgan fingerprint density at radius 1 is 1.42 bits per heavy atom. The lowest BCUT2D eigenvalue weighted by Gasteiger charge is -2.07. The standard InChI is InChI=1S/C11H9BrN4O3/c1-13-9-5-10(15-6-14-9)19-11-7(12)3-2-4-8(11)16(17)18/h2-6H,1H3,(H,13,14,15). The maximum atomic E-state index is 10.9. The summed E-state index contributed by atoms with van der Waals surface area (Å²) < 4.78 is 5.94. The van der Waals surface area contributed by atoms with E-state index in [-0.39, 0.29) is 17.3 Å². The van der Waals surface area contributed by atoms with Crippen LogP contribution in [0.4, 0.5) is 11.5 Å². The predicted octanol–water partition coefficient (Wildman–Crippen LogP) is 2.98. The first-order chi connectivity index (χ1) is 9.11. The lowest BCUT2D eigenvalue weighted by Crippen LogP contribution is -1.98. The van der Waals surface area contributed by atoms with Crippen LogP contribution in [-0.2, 0) is 0 Å². The molecule has 1 aromatic heterocycles. The van der Waals surface area contributed by atoms with Gasteiger partial charge in [0, 0.05) is 19.2 Å². The zero-order valence-corrected chi connectivity index (χ0v) is 11.4. The van der Waals surface area contributed by atoms with E-state index in [0.29, 0.717) is 10.3 Å². The van der Waals surface area contributed by atoms with Crippen LogP contribution in [0.5, 0.6) is 11.6 Å².